The van der Waals surface area contributed by atoms with Crippen LogP contribution in [0.4, 0.5) is 11.4 Å². The van der Waals surface area contributed by atoms with E-state index in [0.29, 0.717) is 21.8 Å². The number of nitrogens with one attached hydrogen (secondary N) is 2. The molecule has 3 aromatic carbocycles. The van der Waals surface area contributed by atoms with Crippen molar-refractivity contribution in [1.29, 1.82) is 0 Å². The van der Waals surface area contributed by atoms with E-state index in [1.54, 1.807) is 54.7 Å². The highest BCUT2D eigenvalue weighted by molar-refractivity contribution is 6.31. The van der Waals surface area contributed by atoms with Gasteiger partial charge in [-0.1, -0.05) is 29.8 Å². The number of rotatable bonds is 8. The molecule has 0 saturated heterocycles. The predicted octanol–water partition coefficient (Wildman–Crippen LogP) is 5.20. The first-order valence-corrected chi connectivity index (χ1v) is 10.7. The third kappa shape index (κ3) is 6.18. The van der Waals surface area contributed by atoms with Crippen LogP contribution in [-0.2, 0) is 0 Å². The van der Waals surface area contributed by atoms with Gasteiger partial charge in [0.2, 0.25) is 0 Å². The van der Waals surface area contributed by atoms with Gasteiger partial charge in [-0.05, 0) is 74.0 Å². The molecule has 0 aromatic heterocycles. The first-order valence-electron chi connectivity index (χ1n) is 10.4. The van der Waals surface area contributed by atoms with Crippen LogP contribution in [0.3, 0.4) is 0 Å². The van der Waals surface area contributed by atoms with Crippen molar-refractivity contribution in [2.24, 2.45) is 5.10 Å². The molecule has 164 valence electrons. The molecule has 0 aliphatic heterocycles. The van der Waals surface area contributed by atoms with E-state index >= 15 is 0 Å². The van der Waals surface area contributed by atoms with Gasteiger partial charge in [0, 0.05) is 40.6 Å². The number of carbonyl (C=O) groups is 2. The second-order valence-corrected chi connectivity index (χ2v) is 7.44. The van der Waals surface area contributed by atoms with Gasteiger partial charge in [-0.25, -0.2) is 5.43 Å². The molecular weight excluding hydrogens is 424 g/mol. The van der Waals surface area contributed by atoms with Crippen LogP contribution in [0.15, 0.2) is 77.9 Å². The zero-order valence-corrected chi connectivity index (χ0v) is 18.8. The minimum Gasteiger partial charge on any atom is -0.372 e. The fourth-order valence-electron chi connectivity index (χ4n) is 3.13. The SMILES string of the molecule is CCN(CC)c1ccc(/C=N\NC(=O)c2ccc(NC(=O)c3cccc(Cl)c3)cc2)cc1. The van der Waals surface area contributed by atoms with Crippen molar-refractivity contribution in [2.75, 3.05) is 23.3 Å². The number of hydrogen-bond acceptors (Lipinski definition) is 4. The molecule has 0 aliphatic rings. The van der Waals surface area contributed by atoms with Crippen LogP contribution in [0.1, 0.15) is 40.1 Å². The fourth-order valence-corrected chi connectivity index (χ4v) is 3.32. The Hall–Kier alpha value is -3.64. The number of anilines is 2. The second-order valence-electron chi connectivity index (χ2n) is 7.00. The number of carbonyl (C=O) groups excluding carboxylic acids is 2. The van der Waals surface area contributed by atoms with E-state index in [4.69, 9.17) is 11.6 Å². The summed E-state index contributed by atoms with van der Waals surface area (Å²) in [5.74, 6) is -0.616. The van der Waals surface area contributed by atoms with Crippen LogP contribution in [0, 0.1) is 0 Å². The predicted molar refractivity (Wildman–Crippen MR) is 131 cm³/mol. The molecule has 0 aliphatic carbocycles. The summed E-state index contributed by atoms with van der Waals surface area (Å²) < 4.78 is 0. The minimum absolute atomic E-state index is 0.277. The van der Waals surface area contributed by atoms with Gasteiger partial charge in [0.25, 0.3) is 11.8 Å². The molecule has 0 heterocycles. The Kier molecular flexibility index (Phi) is 8.00. The maximum Gasteiger partial charge on any atom is 0.271 e. The molecule has 6 nitrogen and oxygen atoms in total. The van der Waals surface area contributed by atoms with Crippen molar-refractivity contribution >= 4 is 41.0 Å². The number of halogens is 1. The molecule has 0 saturated carbocycles. The highest BCUT2D eigenvalue weighted by Crippen LogP contribution is 2.15. The lowest BCUT2D eigenvalue weighted by molar-refractivity contribution is 0.0954. The van der Waals surface area contributed by atoms with Crippen molar-refractivity contribution in [3.8, 4) is 0 Å². The highest BCUT2D eigenvalue weighted by Gasteiger charge is 2.08. The van der Waals surface area contributed by atoms with E-state index in [1.807, 2.05) is 24.3 Å². The quantitative estimate of drug-likeness (QED) is 0.367. The summed E-state index contributed by atoms with van der Waals surface area (Å²) in [6, 6.07) is 21.2. The molecule has 32 heavy (non-hydrogen) atoms. The van der Waals surface area contributed by atoms with Crippen molar-refractivity contribution in [1.82, 2.24) is 5.43 Å². The topological polar surface area (TPSA) is 73.8 Å². The average molecular weight is 449 g/mol. The summed E-state index contributed by atoms with van der Waals surface area (Å²) in [7, 11) is 0. The molecule has 3 rings (SSSR count). The van der Waals surface area contributed by atoms with Crippen LogP contribution >= 0.6 is 11.6 Å². The van der Waals surface area contributed by atoms with Gasteiger partial charge in [-0.3, -0.25) is 9.59 Å². The van der Waals surface area contributed by atoms with Crippen LogP contribution in [0.25, 0.3) is 0 Å². The Morgan fingerprint density at radius 1 is 0.906 bits per heavy atom. The molecule has 0 atom stereocenters. The monoisotopic (exact) mass is 448 g/mol. The van der Waals surface area contributed by atoms with E-state index < -0.39 is 0 Å². The van der Waals surface area contributed by atoms with Crippen LogP contribution in [-0.4, -0.2) is 31.1 Å². The van der Waals surface area contributed by atoms with Crippen molar-refractivity contribution in [3.05, 3.63) is 94.5 Å². The molecular formula is C25H25ClN4O2. The summed E-state index contributed by atoms with van der Waals surface area (Å²) >= 11 is 5.92. The van der Waals surface area contributed by atoms with E-state index in [1.165, 1.54) is 0 Å². The minimum atomic E-state index is -0.339. The van der Waals surface area contributed by atoms with Crippen molar-refractivity contribution < 1.29 is 9.59 Å². The molecule has 2 N–H and O–H groups in total. The van der Waals surface area contributed by atoms with E-state index in [-0.39, 0.29) is 11.8 Å². The number of benzene rings is 3. The Morgan fingerprint density at radius 3 is 2.22 bits per heavy atom. The number of amides is 2. The lowest BCUT2D eigenvalue weighted by atomic mass is 10.1. The van der Waals surface area contributed by atoms with Crippen LogP contribution < -0.4 is 15.6 Å². The molecule has 0 bridgehead atoms. The molecule has 0 fully saturated rings. The van der Waals surface area contributed by atoms with Gasteiger partial charge < -0.3 is 10.2 Å². The van der Waals surface area contributed by atoms with Gasteiger partial charge in [-0.15, -0.1) is 0 Å². The third-order valence-electron chi connectivity index (χ3n) is 4.89. The van der Waals surface area contributed by atoms with Gasteiger partial charge in [0.1, 0.15) is 0 Å². The highest BCUT2D eigenvalue weighted by atomic mass is 35.5. The second kappa shape index (κ2) is 11.1. The summed E-state index contributed by atoms with van der Waals surface area (Å²) in [6.45, 7) is 6.13. The van der Waals surface area contributed by atoms with E-state index in [0.717, 1.165) is 24.3 Å². The van der Waals surface area contributed by atoms with Gasteiger partial charge in [0.15, 0.2) is 0 Å². The fraction of sp³-hybridized carbons (Fsp3) is 0.160. The summed E-state index contributed by atoms with van der Waals surface area (Å²) in [6.07, 6.45) is 1.60. The summed E-state index contributed by atoms with van der Waals surface area (Å²) in [5, 5.41) is 7.30. The zero-order valence-electron chi connectivity index (χ0n) is 18.0. The Bertz CT molecular complexity index is 1090. The zero-order chi connectivity index (χ0) is 22.9. The largest absolute Gasteiger partial charge is 0.372 e. The normalized spacial score (nSPS) is 10.7. The van der Waals surface area contributed by atoms with Crippen LogP contribution in [0.5, 0.6) is 0 Å². The summed E-state index contributed by atoms with van der Waals surface area (Å²) in [4.78, 5) is 26.9. The van der Waals surface area contributed by atoms with E-state index in [9.17, 15) is 9.59 Å². The maximum absolute atomic E-state index is 12.3. The Labute approximate surface area is 192 Å². The van der Waals surface area contributed by atoms with Gasteiger partial charge in [-0.2, -0.15) is 5.10 Å². The lowest BCUT2D eigenvalue weighted by Crippen LogP contribution is -2.21. The molecule has 2 amide bonds. The van der Waals surface area contributed by atoms with E-state index in [2.05, 4.69) is 34.6 Å². The third-order valence-corrected chi connectivity index (χ3v) is 5.13. The molecule has 0 unspecified atom stereocenters. The van der Waals surface area contributed by atoms with Gasteiger partial charge in [0.05, 0.1) is 6.21 Å². The number of hydrogen-bond donors (Lipinski definition) is 2. The van der Waals surface area contributed by atoms with Crippen molar-refractivity contribution in [3.63, 3.8) is 0 Å². The molecule has 0 spiro atoms. The Morgan fingerprint density at radius 2 is 1.59 bits per heavy atom. The molecule has 0 radical (unpaired) electrons. The Balaban J connectivity index is 1.55. The maximum atomic E-state index is 12.3. The number of nitrogens with zero attached hydrogens (tertiary/aromatic N) is 2. The molecule has 3 aromatic rings. The number of hydrazone groups is 1. The van der Waals surface area contributed by atoms with Crippen LogP contribution in [0.2, 0.25) is 5.02 Å². The van der Waals surface area contributed by atoms with Crippen molar-refractivity contribution in [2.45, 2.75) is 13.8 Å². The first kappa shape index (κ1) is 23.0. The van der Waals surface area contributed by atoms with Gasteiger partial charge >= 0.3 is 0 Å². The standard InChI is InChI=1S/C25H25ClN4O2/c1-3-30(4-2)23-14-8-18(9-15-23)17-27-29-25(32)19-10-12-22(13-11-19)28-24(31)20-6-5-7-21(26)16-20/h5-17H,3-4H2,1-2H3,(H,28,31)(H,29,32)/b27-17-. The average Bonchev–Trinajstić information content (AvgIpc) is 2.81. The molecule has 7 heteroatoms. The lowest BCUT2D eigenvalue weighted by Gasteiger charge is -2.20. The first-order chi connectivity index (χ1) is 15.5. The smallest absolute Gasteiger partial charge is 0.271 e. The summed E-state index contributed by atoms with van der Waals surface area (Å²) in [5.41, 5.74) is 6.02.